The lowest BCUT2D eigenvalue weighted by Crippen LogP contribution is -2.45. The van der Waals surface area contributed by atoms with Gasteiger partial charge in [-0.25, -0.2) is 9.29 Å². The minimum Gasteiger partial charge on any atom is -0.494 e. The number of amides is 3. The molecule has 3 aromatic carbocycles. The van der Waals surface area contributed by atoms with Gasteiger partial charge < -0.3 is 9.64 Å². The van der Waals surface area contributed by atoms with Crippen molar-refractivity contribution in [2.75, 3.05) is 11.5 Å². The fraction of sp³-hybridized carbons (Fsp3) is 0.192. The largest absolute Gasteiger partial charge is 0.494 e. The molecule has 174 valence electrons. The lowest BCUT2D eigenvalue weighted by molar-refractivity contribution is -0.122. The van der Waals surface area contributed by atoms with Crippen molar-refractivity contribution in [1.29, 1.82) is 0 Å². The van der Waals surface area contributed by atoms with Crippen molar-refractivity contribution in [2.45, 2.75) is 25.9 Å². The second kappa shape index (κ2) is 10.1. The van der Waals surface area contributed by atoms with E-state index < -0.39 is 29.6 Å². The molecule has 1 unspecified atom stereocenters. The Morgan fingerprint density at radius 1 is 1.06 bits per heavy atom. The van der Waals surface area contributed by atoms with Crippen LogP contribution in [0.3, 0.4) is 0 Å². The predicted molar refractivity (Wildman–Crippen MR) is 126 cm³/mol. The number of ether oxygens (including phenoxy) is 1. The Morgan fingerprint density at radius 3 is 2.38 bits per heavy atom. The molecule has 6 nitrogen and oxygen atoms in total. The third kappa shape index (κ3) is 4.79. The van der Waals surface area contributed by atoms with E-state index in [1.165, 1.54) is 29.2 Å². The topological polar surface area (TPSA) is 66.9 Å². The van der Waals surface area contributed by atoms with Gasteiger partial charge in [0.05, 0.1) is 18.7 Å². The van der Waals surface area contributed by atoms with Gasteiger partial charge in [-0.3, -0.25) is 14.4 Å². The average Bonchev–Trinajstić information content (AvgIpc) is 3.13. The fourth-order valence-corrected chi connectivity index (χ4v) is 4.08. The normalized spacial score (nSPS) is 15.5. The van der Waals surface area contributed by atoms with Gasteiger partial charge in [-0.1, -0.05) is 29.8 Å². The summed E-state index contributed by atoms with van der Waals surface area (Å²) in [5, 5.41) is 0.430. The molecule has 4 rings (SSSR count). The van der Waals surface area contributed by atoms with Crippen LogP contribution in [-0.2, 0) is 16.1 Å². The molecule has 1 atom stereocenters. The number of benzene rings is 3. The molecule has 0 aliphatic carbocycles. The van der Waals surface area contributed by atoms with Crippen LogP contribution >= 0.6 is 11.6 Å². The van der Waals surface area contributed by atoms with E-state index >= 15 is 0 Å². The third-order valence-electron chi connectivity index (χ3n) is 5.56. The van der Waals surface area contributed by atoms with Crippen LogP contribution in [0.5, 0.6) is 5.75 Å². The maximum atomic E-state index is 13.4. The highest BCUT2D eigenvalue weighted by atomic mass is 35.5. The van der Waals surface area contributed by atoms with Crippen LogP contribution in [0.15, 0.2) is 72.8 Å². The lowest BCUT2D eigenvalue weighted by Gasteiger charge is -2.28. The molecule has 0 saturated carbocycles. The van der Waals surface area contributed by atoms with Crippen molar-refractivity contribution < 1.29 is 23.5 Å². The molecule has 1 aliphatic rings. The molecule has 0 aromatic heterocycles. The molecule has 3 aromatic rings. The van der Waals surface area contributed by atoms with Crippen molar-refractivity contribution in [3.63, 3.8) is 0 Å². The Kier molecular flexibility index (Phi) is 6.93. The maximum Gasteiger partial charge on any atom is 0.257 e. The van der Waals surface area contributed by atoms with Gasteiger partial charge in [0, 0.05) is 17.1 Å². The van der Waals surface area contributed by atoms with E-state index in [4.69, 9.17) is 16.3 Å². The number of hydrogen-bond acceptors (Lipinski definition) is 4. The van der Waals surface area contributed by atoms with Gasteiger partial charge in [0.25, 0.3) is 11.8 Å². The summed E-state index contributed by atoms with van der Waals surface area (Å²) in [6.45, 7) is 2.36. The zero-order valence-corrected chi connectivity index (χ0v) is 19.2. The predicted octanol–water partition coefficient (Wildman–Crippen LogP) is 4.85. The number of carbonyl (C=O) groups excluding carboxylic acids is 3. The SMILES string of the molecule is CCOc1ccc(N2C(=O)CC(N(Cc3ccccc3Cl)C(=O)c3ccc(F)cc3)C2=O)cc1. The quantitative estimate of drug-likeness (QED) is 0.453. The number of halogens is 2. The van der Waals surface area contributed by atoms with Crippen LogP contribution in [0.1, 0.15) is 29.3 Å². The number of rotatable bonds is 7. The van der Waals surface area contributed by atoms with Gasteiger partial charge in [-0.15, -0.1) is 0 Å². The Morgan fingerprint density at radius 2 is 1.74 bits per heavy atom. The van der Waals surface area contributed by atoms with E-state index in [-0.39, 0.29) is 18.5 Å². The molecule has 8 heteroatoms. The number of nitrogens with zero attached hydrogens (tertiary/aromatic N) is 2. The van der Waals surface area contributed by atoms with Crippen molar-refractivity contribution in [3.8, 4) is 5.75 Å². The molecule has 1 fully saturated rings. The molecule has 1 saturated heterocycles. The zero-order valence-electron chi connectivity index (χ0n) is 18.4. The van der Waals surface area contributed by atoms with Crippen LogP contribution in [0, 0.1) is 5.82 Å². The first kappa shape index (κ1) is 23.4. The highest BCUT2D eigenvalue weighted by Gasteiger charge is 2.44. The molecule has 0 radical (unpaired) electrons. The highest BCUT2D eigenvalue weighted by Crippen LogP contribution is 2.30. The molecule has 0 bridgehead atoms. The first-order chi connectivity index (χ1) is 16.4. The Hall–Kier alpha value is -3.71. The van der Waals surface area contributed by atoms with Gasteiger partial charge in [-0.05, 0) is 67.1 Å². The summed E-state index contributed by atoms with van der Waals surface area (Å²) in [6.07, 6.45) is -0.177. The summed E-state index contributed by atoms with van der Waals surface area (Å²) < 4.78 is 18.8. The monoisotopic (exact) mass is 480 g/mol. The second-order valence-electron chi connectivity index (χ2n) is 7.75. The third-order valence-corrected chi connectivity index (χ3v) is 5.92. The van der Waals surface area contributed by atoms with Crippen molar-refractivity contribution in [2.24, 2.45) is 0 Å². The highest BCUT2D eigenvalue weighted by molar-refractivity contribution is 6.31. The van der Waals surface area contributed by atoms with E-state index in [1.54, 1.807) is 48.5 Å². The molecular weight excluding hydrogens is 459 g/mol. The van der Waals surface area contributed by atoms with E-state index in [0.29, 0.717) is 28.6 Å². The van der Waals surface area contributed by atoms with Crippen LogP contribution in [-0.4, -0.2) is 35.3 Å². The average molecular weight is 481 g/mol. The fourth-order valence-electron chi connectivity index (χ4n) is 3.88. The molecule has 34 heavy (non-hydrogen) atoms. The van der Waals surface area contributed by atoms with Crippen molar-refractivity contribution in [3.05, 3.63) is 94.8 Å². The number of anilines is 1. The van der Waals surface area contributed by atoms with Crippen LogP contribution in [0.4, 0.5) is 10.1 Å². The second-order valence-corrected chi connectivity index (χ2v) is 8.15. The van der Waals surface area contributed by atoms with E-state index in [1.807, 2.05) is 6.92 Å². The summed E-state index contributed by atoms with van der Waals surface area (Å²) in [5.74, 6) is -1.30. The summed E-state index contributed by atoms with van der Waals surface area (Å²) in [5.41, 5.74) is 1.22. The van der Waals surface area contributed by atoms with Gasteiger partial charge in [0.15, 0.2) is 0 Å². The molecule has 1 heterocycles. The van der Waals surface area contributed by atoms with E-state index in [0.717, 1.165) is 4.90 Å². The van der Waals surface area contributed by atoms with Gasteiger partial charge in [-0.2, -0.15) is 0 Å². The number of imide groups is 1. The first-order valence-corrected chi connectivity index (χ1v) is 11.2. The Balaban J connectivity index is 1.67. The summed E-state index contributed by atoms with van der Waals surface area (Å²) in [7, 11) is 0. The number of hydrogen-bond donors (Lipinski definition) is 0. The Bertz CT molecular complexity index is 1210. The van der Waals surface area contributed by atoms with Crippen molar-refractivity contribution in [1.82, 2.24) is 4.90 Å². The summed E-state index contributed by atoms with van der Waals surface area (Å²) in [6, 6.07) is 17.6. The van der Waals surface area contributed by atoms with Gasteiger partial charge in [0.1, 0.15) is 17.6 Å². The molecule has 0 spiro atoms. The lowest BCUT2D eigenvalue weighted by atomic mass is 10.1. The van der Waals surface area contributed by atoms with Gasteiger partial charge >= 0.3 is 0 Å². The first-order valence-electron chi connectivity index (χ1n) is 10.8. The smallest absolute Gasteiger partial charge is 0.257 e. The molecule has 1 aliphatic heterocycles. The maximum absolute atomic E-state index is 13.4. The van der Waals surface area contributed by atoms with Crippen LogP contribution in [0.2, 0.25) is 5.02 Å². The Labute approximate surface area is 201 Å². The van der Waals surface area contributed by atoms with Gasteiger partial charge in [0.2, 0.25) is 5.91 Å². The summed E-state index contributed by atoms with van der Waals surface area (Å²) >= 11 is 6.31. The van der Waals surface area contributed by atoms with E-state index in [9.17, 15) is 18.8 Å². The van der Waals surface area contributed by atoms with Crippen LogP contribution in [0.25, 0.3) is 0 Å². The standard InChI is InChI=1S/C26H22ClFN2O4/c1-2-34-21-13-11-20(12-14-21)30-24(31)15-23(26(30)33)29(16-18-5-3-4-6-22(18)27)25(32)17-7-9-19(28)10-8-17/h3-14,23H,2,15-16H2,1H3. The van der Waals surface area contributed by atoms with Crippen molar-refractivity contribution >= 4 is 35.0 Å². The zero-order chi connectivity index (χ0) is 24.2. The van der Waals surface area contributed by atoms with Crippen LogP contribution < -0.4 is 9.64 Å². The van der Waals surface area contributed by atoms with E-state index in [2.05, 4.69) is 0 Å². The summed E-state index contributed by atoms with van der Waals surface area (Å²) in [4.78, 5) is 42.2. The minimum atomic E-state index is -1.03. The molecular formula is C26H22ClFN2O4. The minimum absolute atomic E-state index is 0.0106. The number of carbonyl (C=O) groups is 3. The molecule has 3 amide bonds. The molecule has 0 N–H and O–H groups in total.